The van der Waals surface area contributed by atoms with Gasteiger partial charge in [-0.1, -0.05) is 12.2 Å². The van der Waals surface area contributed by atoms with E-state index in [2.05, 4.69) is 5.32 Å². The fourth-order valence-electron chi connectivity index (χ4n) is 3.41. The number of nitrogens with one attached hydrogen (secondary N) is 1. The summed E-state index contributed by atoms with van der Waals surface area (Å²) >= 11 is 0. The Labute approximate surface area is 125 Å². The molecule has 1 saturated carbocycles. The second-order valence-electron chi connectivity index (χ2n) is 6.24. The zero-order chi connectivity index (χ0) is 15.4. The van der Waals surface area contributed by atoms with Crippen molar-refractivity contribution in [3.8, 4) is 0 Å². The number of carboxylic acid groups (broad SMARTS) is 1. The summed E-state index contributed by atoms with van der Waals surface area (Å²) in [4.78, 5) is 23.8. The molecular weight excluding hydrogens is 270 g/mol. The lowest BCUT2D eigenvalue weighted by molar-refractivity contribution is -0.153. The number of rotatable bonds is 7. The van der Waals surface area contributed by atoms with E-state index in [-0.39, 0.29) is 23.8 Å². The fourth-order valence-corrected chi connectivity index (χ4v) is 3.41. The van der Waals surface area contributed by atoms with Crippen LogP contribution in [-0.4, -0.2) is 36.2 Å². The van der Waals surface area contributed by atoms with E-state index in [1.54, 1.807) is 0 Å². The molecule has 2 bridgehead atoms. The minimum atomic E-state index is -0.850. The monoisotopic (exact) mass is 295 g/mol. The second kappa shape index (κ2) is 7.07. The summed E-state index contributed by atoms with van der Waals surface area (Å²) in [6, 6.07) is 0. The summed E-state index contributed by atoms with van der Waals surface area (Å²) in [6.45, 7) is 5.09. The average Bonchev–Trinajstić information content (AvgIpc) is 2.46. The zero-order valence-electron chi connectivity index (χ0n) is 12.7. The van der Waals surface area contributed by atoms with Crippen LogP contribution < -0.4 is 5.32 Å². The van der Waals surface area contributed by atoms with Gasteiger partial charge in [0, 0.05) is 13.2 Å². The van der Waals surface area contributed by atoms with E-state index >= 15 is 0 Å². The molecule has 3 aliphatic carbocycles. The summed E-state index contributed by atoms with van der Waals surface area (Å²) in [5.41, 5.74) is 0. The van der Waals surface area contributed by atoms with Crippen molar-refractivity contribution < 1.29 is 19.4 Å². The molecule has 2 N–H and O–H groups in total. The number of ether oxygens (including phenoxy) is 1. The summed E-state index contributed by atoms with van der Waals surface area (Å²) in [7, 11) is 0. The molecule has 0 spiro atoms. The minimum absolute atomic E-state index is 0.00697. The number of amides is 1. The highest BCUT2D eigenvalue weighted by molar-refractivity contribution is 5.86. The van der Waals surface area contributed by atoms with Gasteiger partial charge in [0.1, 0.15) is 0 Å². The van der Waals surface area contributed by atoms with Gasteiger partial charge in [0.15, 0.2) is 0 Å². The Morgan fingerprint density at radius 1 is 1.24 bits per heavy atom. The maximum atomic E-state index is 12.4. The summed E-state index contributed by atoms with van der Waals surface area (Å²) in [6.07, 6.45) is 6.74. The number of hydrogen-bond donors (Lipinski definition) is 2. The maximum Gasteiger partial charge on any atom is 0.307 e. The van der Waals surface area contributed by atoms with E-state index in [4.69, 9.17) is 4.74 Å². The Hall–Kier alpha value is -1.36. The summed E-state index contributed by atoms with van der Waals surface area (Å²) in [5, 5.41) is 12.3. The van der Waals surface area contributed by atoms with Crippen LogP contribution in [0.5, 0.6) is 0 Å². The Kier molecular flexibility index (Phi) is 5.39. The molecule has 4 atom stereocenters. The van der Waals surface area contributed by atoms with Crippen LogP contribution in [0.3, 0.4) is 0 Å². The van der Waals surface area contributed by atoms with E-state index in [9.17, 15) is 14.7 Å². The standard InChI is InChI=1S/C16H25NO4/c1-10(2)21-9-3-8-17-15(18)13-11-4-6-12(7-5-11)14(13)16(19)20/h4,6,10-14H,3,5,7-9H2,1-2H3,(H,17,18)(H,19,20). The molecule has 118 valence electrons. The van der Waals surface area contributed by atoms with Crippen molar-refractivity contribution in [2.45, 2.75) is 39.2 Å². The van der Waals surface area contributed by atoms with Gasteiger partial charge in [-0.15, -0.1) is 0 Å². The molecule has 1 fully saturated rings. The van der Waals surface area contributed by atoms with Gasteiger partial charge in [0.25, 0.3) is 0 Å². The van der Waals surface area contributed by atoms with Gasteiger partial charge in [-0.05, 0) is 44.9 Å². The Morgan fingerprint density at radius 2 is 1.86 bits per heavy atom. The zero-order valence-corrected chi connectivity index (χ0v) is 12.7. The normalized spacial score (nSPS) is 30.6. The molecule has 3 aliphatic rings. The highest BCUT2D eigenvalue weighted by atomic mass is 16.5. The third kappa shape index (κ3) is 3.84. The average molecular weight is 295 g/mol. The number of fused-ring (bicyclic) bond motifs is 2. The molecule has 1 amide bonds. The number of allylic oxidation sites excluding steroid dienone is 2. The van der Waals surface area contributed by atoms with Crippen molar-refractivity contribution in [2.24, 2.45) is 23.7 Å². The first-order valence-corrected chi connectivity index (χ1v) is 7.81. The Bertz CT molecular complexity index is 419. The van der Waals surface area contributed by atoms with E-state index < -0.39 is 17.8 Å². The number of aliphatic carboxylic acids is 1. The van der Waals surface area contributed by atoms with Crippen LogP contribution in [0.15, 0.2) is 12.2 Å². The molecule has 0 aromatic carbocycles. The molecule has 0 saturated heterocycles. The second-order valence-corrected chi connectivity index (χ2v) is 6.24. The maximum absolute atomic E-state index is 12.4. The molecule has 3 rings (SSSR count). The number of carbonyl (C=O) groups excluding carboxylic acids is 1. The molecule has 0 heterocycles. The van der Waals surface area contributed by atoms with Crippen molar-refractivity contribution in [1.29, 1.82) is 0 Å². The van der Waals surface area contributed by atoms with Crippen molar-refractivity contribution in [3.63, 3.8) is 0 Å². The van der Waals surface area contributed by atoms with Crippen molar-refractivity contribution in [1.82, 2.24) is 5.32 Å². The number of hydrogen-bond acceptors (Lipinski definition) is 3. The molecule has 0 radical (unpaired) electrons. The summed E-state index contributed by atoms with van der Waals surface area (Å²) < 4.78 is 5.42. The quantitative estimate of drug-likeness (QED) is 0.555. The van der Waals surface area contributed by atoms with E-state index in [1.807, 2.05) is 26.0 Å². The minimum Gasteiger partial charge on any atom is -0.481 e. The van der Waals surface area contributed by atoms with Gasteiger partial charge < -0.3 is 15.2 Å². The first kappa shape index (κ1) is 16.0. The van der Waals surface area contributed by atoms with Crippen molar-refractivity contribution in [2.75, 3.05) is 13.2 Å². The molecule has 21 heavy (non-hydrogen) atoms. The lowest BCUT2D eigenvalue weighted by Crippen LogP contribution is -2.49. The van der Waals surface area contributed by atoms with Crippen LogP contribution in [0.4, 0.5) is 0 Å². The van der Waals surface area contributed by atoms with Gasteiger partial charge >= 0.3 is 5.97 Å². The highest BCUT2D eigenvalue weighted by Gasteiger charge is 2.47. The molecule has 0 aromatic rings. The van der Waals surface area contributed by atoms with Crippen LogP contribution in [0.2, 0.25) is 0 Å². The van der Waals surface area contributed by atoms with Gasteiger partial charge in [0.2, 0.25) is 5.91 Å². The molecule has 0 aromatic heterocycles. The first-order valence-electron chi connectivity index (χ1n) is 7.81. The van der Waals surface area contributed by atoms with Crippen LogP contribution in [0.25, 0.3) is 0 Å². The van der Waals surface area contributed by atoms with Crippen molar-refractivity contribution >= 4 is 11.9 Å². The van der Waals surface area contributed by atoms with Crippen LogP contribution in [-0.2, 0) is 14.3 Å². The Morgan fingerprint density at radius 3 is 2.38 bits per heavy atom. The third-order valence-electron chi connectivity index (χ3n) is 4.41. The lowest BCUT2D eigenvalue weighted by Gasteiger charge is -2.41. The lowest BCUT2D eigenvalue weighted by atomic mass is 9.62. The molecular formula is C16H25NO4. The first-order chi connectivity index (χ1) is 10.0. The number of carboxylic acids is 1. The SMILES string of the molecule is CC(C)OCCCNC(=O)C1C2C=CC(CC2)C1C(=O)O. The van der Waals surface area contributed by atoms with E-state index in [0.29, 0.717) is 13.2 Å². The fraction of sp³-hybridized carbons (Fsp3) is 0.750. The topological polar surface area (TPSA) is 75.6 Å². The molecule has 0 aliphatic heterocycles. The summed E-state index contributed by atoms with van der Waals surface area (Å²) in [5.74, 6) is -1.88. The van der Waals surface area contributed by atoms with Gasteiger partial charge in [0.05, 0.1) is 17.9 Å². The third-order valence-corrected chi connectivity index (χ3v) is 4.41. The smallest absolute Gasteiger partial charge is 0.307 e. The van der Waals surface area contributed by atoms with E-state index in [1.165, 1.54) is 0 Å². The predicted octanol–water partition coefficient (Wildman–Crippen LogP) is 1.83. The molecule has 5 heteroatoms. The highest BCUT2D eigenvalue weighted by Crippen LogP contribution is 2.44. The van der Waals surface area contributed by atoms with Gasteiger partial charge in [-0.25, -0.2) is 0 Å². The van der Waals surface area contributed by atoms with Crippen LogP contribution >= 0.6 is 0 Å². The van der Waals surface area contributed by atoms with E-state index in [0.717, 1.165) is 19.3 Å². The largest absolute Gasteiger partial charge is 0.481 e. The number of carbonyl (C=O) groups is 2. The van der Waals surface area contributed by atoms with Crippen LogP contribution in [0, 0.1) is 23.7 Å². The van der Waals surface area contributed by atoms with Gasteiger partial charge in [-0.3, -0.25) is 9.59 Å². The molecule has 4 unspecified atom stereocenters. The van der Waals surface area contributed by atoms with Crippen LogP contribution in [0.1, 0.15) is 33.1 Å². The predicted molar refractivity (Wildman–Crippen MR) is 78.7 cm³/mol. The van der Waals surface area contributed by atoms with Gasteiger partial charge in [-0.2, -0.15) is 0 Å². The van der Waals surface area contributed by atoms with Crippen molar-refractivity contribution in [3.05, 3.63) is 12.2 Å². The Balaban J connectivity index is 1.86. The molecule has 5 nitrogen and oxygen atoms in total.